The third-order valence-electron chi connectivity index (χ3n) is 3.44. The number of aromatic amines is 2. The summed E-state index contributed by atoms with van der Waals surface area (Å²) in [6, 6.07) is 16.2. The lowest BCUT2D eigenvalue weighted by molar-refractivity contribution is 0.476. The summed E-state index contributed by atoms with van der Waals surface area (Å²) in [4.78, 5) is 27.0. The molecule has 6 heteroatoms. The Morgan fingerprint density at radius 2 is 1.46 bits per heavy atom. The Bertz CT molecular complexity index is 1130. The van der Waals surface area contributed by atoms with E-state index < -0.39 is 0 Å². The van der Waals surface area contributed by atoms with E-state index in [9.17, 15) is 14.7 Å². The summed E-state index contributed by atoms with van der Waals surface area (Å²) in [5, 5.41) is 19.9. The van der Waals surface area contributed by atoms with E-state index in [-0.39, 0.29) is 22.6 Å². The molecular formula is C18H14N2O4. The molecule has 2 aromatic carbocycles. The first-order chi connectivity index (χ1) is 11.5. The van der Waals surface area contributed by atoms with Crippen molar-refractivity contribution in [2.24, 2.45) is 0 Å². The first-order valence-electron chi connectivity index (χ1n) is 7.16. The van der Waals surface area contributed by atoms with Gasteiger partial charge in [-0.2, -0.15) is 0 Å². The molecule has 2 heterocycles. The average molecular weight is 322 g/mol. The van der Waals surface area contributed by atoms with Crippen LogP contribution in [0.1, 0.15) is 0 Å². The molecule has 0 spiro atoms. The van der Waals surface area contributed by atoms with Crippen molar-refractivity contribution in [2.45, 2.75) is 0 Å². The van der Waals surface area contributed by atoms with E-state index in [1.165, 1.54) is 18.2 Å². The minimum absolute atomic E-state index is 0.0225. The van der Waals surface area contributed by atoms with Crippen molar-refractivity contribution in [1.29, 1.82) is 0 Å². The Balaban J connectivity index is 0.000000141. The third kappa shape index (κ3) is 3.27. The van der Waals surface area contributed by atoms with Crippen LogP contribution in [-0.2, 0) is 0 Å². The molecule has 120 valence electrons. The minimum atomic E-state index is -0.286. The number of phenols is 1. The maximum Gasteiger partial charge on any atom is 0.252 e. The zero-order valence-corrected chi connectivity index (χ0v) is 12.5. The van der Waals surface area contributed by atoms with E-state index in [2.05, 4.69) is 9.97 Å². The van der Waals surface area contributed by atoms with Crippen molar-refractivity contribution < 1.29 is 10.2 Å². The lowest BCUT2D eigenvalue weighted by Crippen LogP contribution is -2.02. The zero-order chi connectivity index (χ0) is 17.1. The molecule has 4 N–H and O–H groups in total. The Morgan fingerprint density at radius 1 is 0.708 bits per heavy atom. The Hall–Kier alpha value is -3.54. The van der Waals surface area contributed by atoms with Crippen LogP contribution < -0.4 is 11.1 Å². The monoisotopic (exact) mass is 322 g/mol. The van der Waals surface area contributed by atoms with Crippen LogP contribution >= 0.6 is 0 Å². The average Bonchev–Trinajstić information content (AvgIpc) is 2.55. The molecule has 0 aliphatic heterocycles. The lowest BCUT2D eigenvalue weighted by Gasteiger charge is -1.97. The van der Waals surface area contributed by atoms with Crippen molar-refractivity contribution in [2.75, 3.05) is 0 Å². The van der Waals surface area contributed by atoms with Crippen LogP contribution in [0.5, 0.6) is 11.5 Å². The molecule has 0 atom stereocenters. The van der Waals surface area contributed by atoms with E-state index >= 15 is 0 Å². The zero-order valence-electron chi connectivity index (χ0n) is 12.5. The molecule has 0 bridgehead atoms. The van der Waals surface area contributed by atoms with Crippen molar-refractivity contribution in [3.05, 3.63) is 81.4 Å². The number of aromatic hydroxyl groups is 2. The highest BCUT2D eigenvalue weighted by Gasteiger charge is 1.98. The van der Waals surface area contributed by atoms with Crippen LogP contribution in [0.2, 0.25) is 0 Å². The van der Waals surface area contributed by atoms with Gasteiger partial charge in [0.05, 0.1) is 5.52 Å². The highest BCUT2D eigenvalue weighted by Crippen LogP contribution is 2.19. The molecule has 0 aliphatic rings. The van der Waals surface area contributed by atoms with Gasteiger partial charge in [0, 0.05) is 28.4 Å². The van der Waals surface area contributed by atoms with Crippen LogP contribution in [-0.4, -0.2) is 20.2 Å². The molecular weight excluding hydrogens is 308 g/mol. The fourth-order valence-corrected chi connectivity index (χ4v) is 2.33. The summed E-state index contributed by atoms with van der Waals surface area (Å²) in [5.74, 6) is 0.226. The second kappa shape index (κ2) is 6.29. The molecule has 4 aromatic rings. The largest absolute Gasteiger partial charge is 0.508 e. The van der Waals surface area contributed by atoms with Crippen LogP contribution in [0.25, 0.3) is 21.8 Å². The quantitative estimate of drug-likeness (QED) is 0.399. The molecule has 0 saturated heterocycles. The van der Waals surface area contributed by atoms with Crippen molar-refractivity contribution >= 4 is 21.8 Å². The normalized spacial score (nSPS) is 10.3. The predicted octanol–water partition coefficient (Wildman–Crippen LogP) is 2.47. The number of fused-ring (bicyclic) bond motifs is 2. The Labute approximate surface area is 135 Å². The smallest absolute Gasteiger partial charge is 0.252 e. The predicted molar refractivity (Wildman–Crippen MR) is 92.5 cm³/mol. The van der Waals surface area contributed by atoms with E-state index in [0.29, 0.717) is 10.9 Å². The molecule has 6 nitrogen and oxygen atoms in total. The van der Waals surface area contributed by atoms with Crippen molar-refractivity contribution in [3.63, 3.8) is 0 Å². The second-order valence-electron chi connectivity index (χ2n) is 5.16. The number of nitrogens with one attached hydrogen (secondary N) is 2. The molecule has 2 aromatic heterocycles. The topological polar surface area (TPSA) is 106 Å². The van der Waals surface area contributed by atoms with E-state index in [1.54, 1.807) is 42.5 Å². The molecule has 0 aliphatic carbocycles. The van der Waals surface area contributed by atoms with Crippen LogP contribution in [0.3, 0.4) is 0 Å². The van der Waals surface area contributed by atoms with E-state index in [1.807, 2.05) is 0 Å². The van der Waals surface area contributed by atoms with Gasteiger partial charge in [0.15, 0.2) is 0 Å². The van der Waals surface area contributed by atoms with Gasteiger partial charge in [0.25, 0.3) is 5.56 Å². The van der Waals surface area contributed by atoms with Gasteiger partial charge < -0.3 is 20.2 Å². The molecule has 0 saturated carbocycles. The SMILES string of the molecule is O=c1cc(O)c2ccccc2[nH]1.O=c1ccc2cc(O)ccc2[nH]1. The number of hydrogen-bond donors (Lipinski definition) is 4. The van der Waals surface area contributed by atoms with Gasteiger partial charge in [-0.3, -0.25) is 9.59 Å². The molecule has 0 fully saturated rings. The number of phenolic OH excluding ortho intramolecular Hbond substituents is 1. The fraction of sp³-hybridized carbons (Fsp3) is 0. The second-order valence-corrected chi connectivity index (χ2v) is 5.16. The Morgan fingerprint density at radius 3 is 2.29 bits per heavy atom. The highest BCUT2D eigenvalue weighted by molar-refractivity contribution is 5.84. The highest BCUT2D eigenvalue weighted by atomic mass is 16.3. The summed E-state index contributed by atoms with van der Waals surface area (Å²) < 4.78 is 0. The van der Waals surface area contributed by atoms with Gasteiger partial charge in [-0.25, -0.2) is 0 Å². The van der Waals surface area contributed by atoms with Gasteiger partial charge in [-0.05, 0) is 36.4 Å². The van der Waals surface area contributed by atoms with Gasteiger partial charge >= 0.3 is 0 Å². The molecule has 0 amide bonds. The van der Waals surface area contributed by atoms with Gasteiger partial charge in [0.2, 0.25) is 5.56 Å². The summed E-state index contributed by atoms with van der Waals surface area (Å²) in [6.45, 7) is 0. The van der Waals surface area contributed by atoms with Crippen molar-refractivity contribution in [3.8, 4) is 11.5 Å². The van der Waals surface area contributed by atoms with Crippen LogP contribution in [0, 0.1) is 0 Å². The minimum Gasteiger partial charge on any atom is -0.508 e. The maximum absolute atomic E-state index is 10.9. The summed E-state index contributed by atoms with van der Waals surface area (Å²) >= 11 is 0. The molecule has 24 heavy (non-hydrogen) atoms. The summed E-state index contributed by atoms with van der Waals surface area (Å²) in [6.07, 6.45) is 0. The van der Waals surface area contributed by atoms with E-state index in [0.717, 1.165) is 10.9 Å². The summed E-state index contributed by atoms with van der Waals surface area (Å²) in [7, 11) is 0. The number of hydrogen-bond acceptors (Lipinski definition) is 4. The molecule has 4 rings (SSSR count). The van der Waals surface area contributed by atoms with Gasteiger partial charge in [0.1, 0.15) is 11.5 Å². The summed E-state index contributed by atoms with van der Waals surface area (Å²) in [5.41, 5.74) is 0.974. The first-order valence-corrected chi connectivity index (χ1v) is 7.16. The van der Waals surface area contributed by atoms with E-state index in [4.69, 9.17) is 5.11 Å². The third-order valence-corrected chi connectivity index (χ3v) is 3.44. The lowest BCUT2D eigenvalue weighted by atomic mass is 10.2. The number of aromatic nitrogens is 2. The van der Waals surface area contributed by atoms with Gasteiger partial charge in [-0.15, -0.1) is 0 Å². The standard InChI is InChI=1S/2C9H7NO2/c11-7-2-3-8-6(5-7)1-4-9(12)10-8;11-8-5-9(12)10-7-4-2-1-3-6(7)8/h1-5,11H,(H,10,12);1-5H,(H2,10,11,12). The van der Waals surface area contributed by atoms with Crippen LogP contribution in [0.15, 0.2) is 70.3 Å². The fourth-order valence-electron chi connectivity index (χ4n) is 2.33. The van der Waals surface area contributed by atoms with Crippen LogP contribution in [0.4, 0.5) is 0 Å². The van der Waals surface area contributed by atoms with Gasteiger partial charge in [-0.1, -0.05) is 12.1 Å². The number of pyridine rings is 2. The number of para-hydroxylation sites is 1. The Kier molecular flexibility index (Phi) is 4.03. The number of H-pyrrole nitrogens is 2. The molecule has 0 radical (unpaired) electrons. The van der Waals surface area contributed by atoms with Crippen molar-refractivity contribution in [1.82, 2.24) is 9.97 Å². The first kappa shape index (κ1) is 15.4. The number of rotatable bonds is 0. The molecule has 0 unspecified atom stereocenters. The number of benzene rings is 2. The maximum atomic E-state index is 10.9.